The van der Waals surface area contributed by atoms with E-state index in [-0.39, 0.29) is 24.3 Å². The van der Waals surface area contributed by atoms with Crippen LogP contribution in [0.1, 0.15) is 34.1 Å². The summed E-state index contributed by atoms with van der Waals surface area (Å²) < 4.78 is 0. The molecule has 2 unspecified atom stereocenters. The van der Waals surface area contributed by atoms with Crippen LogP contribution in [0.15, 0.2) is 0 Å². The molecular weight excluding hydrogens is 194 g/mol. The number of rotatable bonds is 6. The molecule has 0 aliphatic rings. The van der Waals surface area contributed by atoms with Crippen LogP contribution < -0.4 is 5.32 Å². The Labute approximate surface area is 91.1 Å². The lowest BCUT2D eigenvalue weighted by Gasteiger charge is -2.17. The maximum absolute atomic E-state index is 11.5. The predicted molar refractivity (Wildman–Crippen MR) is 58.4 cm³/mol. The number of amides is 1. The third kappa shape index (κ3) is 4.81. The molecule has 4 nitrogen and oxygen atoms in total. The van der Waals surface area contributed by atoms with Crippen LogP contribution in [0, 0.1) is 17.8 Å². The zero-order valence-corrected chi connectivity index (χ0v) is 9.91. The van der Waals surface area contributed by atoms with Crippen molar-refractivity contribution in [2.24, 2.45) is 17.8 Å². The molecule has 0 saturated carbocycles. The smallest absolute Gasteiger partial charge is 0.308 e. The van der Waals surface area contributed by atoms with Gasteiger partial charge in [0, 0.05) is 12.5 Å². The Morgan fingerprint density at radius 3 is 2.13 bits per heavy atom. The van der Waals surface area contributed by atoms with Crippen molar-refractivity contribution in [1.29, 1.82) is 0 Å². The van der Waals surface area contributed by atoms with Crippen LogP contribution in [0.5, 0.6) is 0 Å². The molecule has 0 bridgehead atoms. The van der Waals surface area contributed by atoms with E-state index in [1.54, 1.807) is 6.92 Å². The first-order valence-electron chi connectivity index (χ1n) is 5.40. The van der Waals surface area contributed by atoms with Crippen molar-refractivity contribution in [3.8, 4) is 0 Å². The molecule has 4 heteroatoms. The lowest BCUT2D eigenvalue weighted by molar-refractivity contribution is -0.141. The molecule has 0 spiro atoms. The molecule has 0 heterocycles. The molecule has 0 radical (unpaired) electrons. The summed E-state index contributed by atoms with van der Waals surface area (Å²) in [6.07, 6.45) is 0.533. The minimum absolute atomic E-state index is 0.0651. The van der Waals surface area contributed by atoms with Gasteiger partial charge in [0.25, 0.3) is 0 Å². The molecule has 0 saturated heterocycles. The number of carbonyl (C=O) groups excluding carboxylic acids is 1. The summed E-state index contributed by atoms with van der Waals surface area (Å²) in [6, 6.07) is 0. The maximum atomic E-state index is 11.5. The summed E-state index contributed by atoms with van der Waals surface area (Å²) in [5.74, 6) is -1.20. The number of carbonyl (C=O) groups is 2. The van der Waals surface area contributed by atoms with Crippen molar-refractivity contribution >= 4 is 11.9 Å². The van der Waals surface area contributed by atoms with Gasteiger partial charge in [-0.3, -0.25) is 9.59 Å². The van der Waals surface area contributed by atoms with E-state index in [0.29, 0.717) is 6.42 Å². The van der Waals surface area contributed by atoms with Crippen molar-refractivity contribution in [2.45, 2.75) is 34.1 Å². The quantitative estimate of drug-likeness (QED) is 0.705. The zero-order chi connectivity index (χ0) is 12.0. The highest BCUT2D eigenvalue weighted by atomic mass is 16.4. The van der Waals surface area contributed by atoms with Gasteiger partial charge in [0.05, 0.1) is 5.92 Å². The number of carboxylic acid groups (broad SMARTS) is 1. The van der Waals surface area contributed by atoms with E-state index >= 15 is 0 Å². The van der Waals surface area contributed by atoms with Crippen LogP contribution in [-0.4, -0.2) is 23.5 Å². The molecule has 2 atom stereocenters. The summed E-state index contributed by atoms with van der Waals surface area (Å²) in [5, 5.41) is 11.5. The van der Waals surface area contributed by atoms with Gasteiger partial charge in [0.15, 0.2) is 0 Å². The summed E-state index contributed by atoms with van der Waals surface area (Å²) in [6.45, 7) is 7.82. The molecule has 15 heavy (non-hydrogen) atoms. The van der Waals surface area contributed by atoms with Crippen molar-refractivity contribution in [2.75, 3.05) is 6.54 Å². The monoisotopic (exact) mass is 215 g/mol. The summed E-state index contributed by atoms with van der Waals surface area (Å²) >= 11 is 0. The van der Waals surface area contributed by atoms with Crippen molar-refractivity contribution in [1.82, 2.24) is 5.32 Å². The molecule has 0 rings (SSSR count). The van der Waals surface area contributed by atoms with Gasteiger partial charge in [-0.25, -0.2) is 0 Å². The van der Waals surface area contributed by atoms with Crippen LogP contribution in [0.25, 0.3) is 0 Å². The van der Waals surface area contributed by atoms with Crippen LogP contribution in [0.3, 0.4) is 0 Å². The predicted octanol–water partition coefficient (Wildman–Crippen LogP) is 1.51. The Hall–Kier alpha value is -1.06. The average Bonchev–Trinajstić information content (AvgIpc) is 2.16. The van der Waals surface area contributed by atoms with Gasteiger partial charge >= 0.3 is 5.97 Å². The fourth-order valence-electron chi connectivity index (χ4n) is 1.09. The first-order valence-corrected chi connectivity index (χ1v) is 5.40. The van der Waals surface area contributed by atoms with Gasteiger partial charge < -0.3 is 10.4 Å². The molecule has 0 aliphatic heterocycles. The second-order valence-corrected chi connectivity index (χ2v) is 4.22. The number of nitrogens with one attached hydrogen (secondary N) is 1. The third-order valence-electron chi connectivity index (χ3n) is 2.78. The summed E-state index contributed by atoms with van der Waals surface area (Å²) in [5.41, 5.74) is 0. The van der Waals surface area contributed by atoms with Gasteiger partial charge in [-0.2, -0.15) is 0 Å². The topological polar surface area (TPSA) is 66.4 Å². The van der Waals surface area contributed by atoms with Gasteiger partial charge in [0.2, 0.25) is 5.91 Å². The minimum atomic E-state index is -0.852. The van der Waals surface area contributed by atoms with Crippen molar-refractivity contribution in [3.63, 3.8) is 0 Å². The highest BCUT2D eigenvalue weighted by molar-refractivity contribution is 5.79. The van der Waals surface area contributed by atoms with Crippen molar-refractivity contribution in [3.05, 3.63) is 0 Å². The molecular formula is C11H21NO3. The molecule has 0 aromatic rings. The van der Waals surface area contributed by atoms with E-state index in [0.717, 1.165) is 0 Å². The SMILES string of the molecule is CCC(CNC(=O)C(C)C(C)C)C(=O)O. The fraction of sp³-hybridized carbons (Fsp3) is 0.818. The van der Waals surface area contributed by atoms with Crippen LogP contribution in [0.4, 0.5) is 0 Å². The minimum Gasteiger partial charge on any atom is -0.481 e. The Morgan fingerprint density at radius 2 is 1.80 bits per heavy atom. The van der Waals surface area contributed by atoms with Gasteiger partial charge in [-0.15, -0.1) is 0 Å². The Balaban J connectivity index is 4.04. The molecule has 0 aromatic heterocycles. The number of hydrogen-bond donors (Lipinski definition) is 2. The molecule has 2 N–H and O–H groups in total. The van der Waals surface area contributed by atoms with E-state index in [2.05, 4.69) is 5.32 Å². The fourth-order valence-corrected chi connectivity index (χ4v) is 1.09. The molecule has 0 aromatic carbocycles. The van der Waals surface area contributed by atoms with Gasteiger partial charge in [-0.05, 0) is 12.3 Å². The molecule has 0 fully saturated rings. The third-order valence-corrected chi connectivity index (χ3v) is 2.78. The first-order chi connectivity index (χ1) is 6.90. The molecule has 88 valence electrons. The highest BCUT2D eigenvalue weighted by Crippen LogP contribution is 2.09. The van der Waals surface area contributed by atoms with Crippen LogP contribution in [0.2, 0.25) is 0 Å². The molecule has 1 amide bonds. The first kappa shape index (κ1) is 13.9. The molecule has 0 aliphatic carbocycles. The normalized spacial score (nSPS) is 14.7. The Morgan fingerprint density at radius 1 is 1.27 bits per heavy atom. The van der Waals surface area contributed by atoms with E-state index in [1.807, 2.05) is 20.8 Å². The van der Waals surface area contributed by atoms with Crippen LogP contribution in [-0.2, 0) is 9.59 Å². The maximum Gasteiger partial charge on any atom is 0.308 e. The number of hydrogen-bond acceptors (Lipinski definition) is 2. The second kappa shape index (κ2) is 6.43. The van der Waals surface area contributed by atoms with Crippen LogP contribution >= 0.6 is 0 Å². The summed E-state index contributed by atoms with van der Waals surface area (Å²) in [7, 11) is 0. The summed E-state index contributed by atoms with van der Waals surface area (Å²) in [4.78, 5) is 22.2. The Kier molecular flexibility index (Phi) is 5.97. The van der Waals surface area contributed by atoms with Gasteiger partial charge in [0.1, 0.15) is 0 Å². The Bertz CT molecular complexity index is 226. The largest absolute Gasteiger partial charge is 0.481 e. The lowest BCUT2D eigenvalue weighted by Crippen LogP contribution is -2.37. The van der Waals surface area contributed by atoms with E-state index in [1.165, 1.54) is 0 Å². The standard InChI is InChI=1S/C11H21NO3/c1-5-9(11(14)15)6-12-10(13)8(4)7(2)3/h7-9H,5-6H2,1-4H3,(H,12,13)(H,14,15). The number of carboxylic acids is 1. The lowest BCUT2D eigenvalue weighted by atomic mass is 9.97. The number of aliphatic carboxylic acids is 1. The average molecular weight is 215 g/mol. The van der Waals surface area contributed by atoms with E-state index in [4.69, 9.17) is 5.11 Å². The zero-order valence-electron chi connectivity index (χ0n) is 9.91. The van der Waals surface area contributed by atoms with E-state index < -0.39 is 11.9 Å². The van der Waals surface area contributed by atoms with E-state index in [9.17, 15) is 9.59 Å². The van der Waals surface area contributed by atoms with Crippen molar-refractivity contribution < 1.29 is 14.7 Å². The second-order valence-electron chi connectivity index (χ2n) is 4.22. The van der Waals surface area contributed by atoms with Gasteiger partial charge in [-0.1, -0.05) is 27.7 Å². The highest BCUT2D eigenvalue weighted by Gasteiger charge is 2.20.